The molecule has 65 heavy (non-hydrogen) atoms. The van der Waals surface area contributed by atoms with Gasteiger partial charge in [-0.05, 0) is 87.0 Å². The topological polar surface area (TPSA) is 8.17 Å². The Labute approximate surface area is 389 Å². The van der Waals surface area contributed by atoms with E-state index < -0.39 is 5.41 Å². The molecule has 11 aromatic rings. The molecular weight excluding hydrogens is 799 g/mol. The summed E-state index contributed by atoms with van der Waals surface area (Å²) in [6.07, 6.45) is 0. The maximum absolute atomic E-state index is 2.56. The van der Waals surface area contributed by atoms with Gasteiger partial charge in [0, 0.05) is 38.2 Å². The van der Waals surface area contributed by atoms with Crippen LogP contribution in [0.1, 0.15) is 22.3 Å². The van der Waals surface area contributed by atoms with Gasteiger partial charge in [-0.25, -0.2) is 0 Å². The second kappa shape index (κ2) is 15.3. The van der Waals surface area contributed by atoms with Gasteiger partial charge in [-0.2, -0.15) is 0 Å². The minimum Gasteiger partial charge on any atom is -0.312 e. The summed E-state index contributed by atoms with van der Waals surface area (Å²) in [5.74, 6) is 0. The molecule has 0 aliphatic heterocycles. The van der Waals surface area contributed by atoms with Crippen LogP contribution in [0.15, 0.2) is 200 Å². The Morgan fingerprint density at radius 1 is 0.415 bits per heavy atom. The van der Waals surface area contributed by atoms with Gasteiger partial charge in [0.25, 0.3) is 0 Å². The van der Waals surface area contributed by atoms with Crippen molar-refractivity contribution in [2.24, 2.45) is 0 Å². The summed E-state index contributed by atoms with van der Waals surface area (Å²) in [4.78, 5) is 2.56. The lowest BCUT2D eigenvalue weighted by Gasteiger charge is -2.36. The first kappa shape index (κ1) is 39.5. The van der Waals surface area contributed by atoms with E-state index in [4.69, 9.17) is 0 Å². The molecule has 0 bridgehead atoms. The number of hydrogen-bond acceptors (Lipinski definition) is 2. The molecule has 12 rings (SSSR count). The number of thiophene rings is 1. The third kappa shape index (κ3) is 5.80. The Morgan fingerprint density at radius 3 is 1.69 bits per heavy atom. The van der Waals surface area contributed by atoms with E-state index in [1.165, 1.54) is 114 Å². The van der Waals surface area contributed by atoms with Crippen molar-refractivity contribution in [3.63, 3.8) is 0 Å². The van der Waals surface area contributed by atoms with Crippen molar-refractivity contribution in [3.8, 4) is 27.9 Å². The van der Waals surface area contributed by atoms with E-state index in [2.05, 4.69) is 249 Å². The molecule has 302 valence electrons. The van der Waals surface area contributed by atoms with Crippen molar-refractivity contribution in [3.05, 3.63) is 222 Å². The molecule has 8 heteroatoms. The van der Waals surface area contributed by atoms with Crippen LogP contribution in [0.3, 0.4) is 0 Å². The minimum atomic E-state index is -0.511. The van der Waals surface area contributed by atoms with Crippen molar-refractivity contribution in [1.82, 2.24) is 4.57 Å². The highest BCUT2D eigenvalue weighted by molar-refractivity contribution is 7.27. The predicted molar refractivity (Wildman–Crippen MR) is 294 cm³/mol. The van der Waals surface area contributed by atoms with Crippen molar-refractivity contribution in [1.29, 1.82) is 0 Å². The lowest BCUT2D eigenvalue weighted by atomic mass is 9.61. The van der Waals surface area contributed by atoms with Crippen LogP contribution in [-0.4, -0.2) is 43.8 Å². The number of rotatable bonds is 7. The molecule has 0 spiro atoms. The molecule has 9 aromatic carbocycles. The van der Waals surface area contributed by atoms with E-state index in [0.29, 0.717) is 0 Å². The Bertz CT molecular complexity index is 3610. The largest absolute Gasteiger partial charge is 0.312 e. The number of aromatic nitrogens is 1. The van der Waals surface area contributed by atoms with E-state index in [1.54, 1.807) is 0 Å². The smallest absolute Gasteiger partial charge is 0.141 e. The second-order valence-electron chi connectivity index (χ2n) is 17.8. The van der Waals surface area contributed by atoms with Gasteiger partial charge in [0.05, 0.1) is 21.1 Å². The second-order valence-corrected chi connectivity index (χ2v) is 18.8. The van der Waals surface area contributed by atoms with Crippen LogP contribution in [-0.2, 0) is 5.41 Å². The highest BCUT2D eigenvalue weighted by atomic mass is 32.1. The molecule has 2 heterocycles. The molecule has 0 amide bonds. The predicted octanol–water partition coefficient (Wildman–Crippen LogP) is 6.79. The molecule has 2 aromatic heterocycles. The van der Waals surface area contributed by atoms with Crippen LogP contribution in [0.2, 0.25) is 0 Å². The zero-order chi connectivity index (χ0) is 44.0. The lowest BCUT2D eigenvalue weighted by molar-refractivity contribution is 0.768. The zero-order valence-electron chi connectivity index (χ0n) is 37.4. The van der Waals surface area contributed by atoms with Gasteiger partial charge in [-0.15, -0.1) is 16.8 Å². The van der Waals surface area contributed by atoms with Gasteiger partial charge in [0.1, 0.15) is 39.2 Å². The molecule has 0 saturated heterocycles. The molecule has 1 aliphatic rings. The summed E-state index contributed by atoms with van der Waals surface area (Å²) >= 11 is 1.91. The quantitative estimate of drug-likeness (QED) is 0.161. The van der Waals surface area contributed by atoms with Crippen LogP contribution >= 0.6 is 11.3 Å². The third-order valence-corrected chi connectivity index (χ3v) is 15.9. The van der Waals surface area contributed by atoms with Crippen LogP contribution < -0.4 is 32.2 Å². The Balaban J connectivity index is 1.11. The minimum absolute atomic E-state index is 0.511. The van der Waals surface area contributed by atoms with E-state index in [0.717, 1.165) is 11.4 Å². The summed E-state index contributed by atoms with van der Waals surface area (Å²) in [5.41, 5.74) is 23.5. The fourth-order valence-corrected chi connectivity index (χ4v) is 12.5. The van der Waals surface area contributed by atoms with E-state index >= 15 is 0 Å². The molecule has 0 unspecified atom stereocenters. The van der Waals surface area contributed by atoms with Gasteiger partial charge in [-0.1, -0.05) is 180 Å². The van der Waals surface area contributed by atoms with Crippen LogP contribution in [0.4, 0.5) is 17.1 Å². The standard InChI is InChI=1S/C57H43B5N2S/c58-48-49(59)51(61)54(52(62)50(48)60)63(39-30-31-42-41-24-10-12-28-45(41)57(46(42)33-39,35-17-4-1-5-18-35)36-19-6-2-7-20-36)38-23-14-16-34(32-38)40-26-15-27-44-53-56(65-55(40)44)43-25-11-13-29-47(43)64(53)37-21-8-3-9-22-37/h1-33H,58-62H2. The fourth-order valence-electron chi connectivity index (χ4n) is 11.2. The van der Waals surface area contributed by atoms with Crippen LogP contribution in [0.25, 0.3) is 59.1 Å². The normalized spacial score (nSPS) is 12.7. The maximum atomic E-state index is 2.56. The molecule has 0 radical (unpaired) electrons. The van der Waals surface area contributed by atoms with E-state index in [-0.39, 0.29) is 0 Å². The molecule has 0 atom stereocenters. The van der Waals surface area contributed by atoms with Gasteiger partial charge < -0.3 is 9.47 Å². The molecule has 0 saturated carbocycles. The number of benzene rings is 9. The first-order valence-electron chi connectivity index (χ1n) is 22.7. The van der Waals surface area contributed by atoms with Crippen molar-refractivity contribution in [2.45, 2.75) is 5.41 Å². The average Bonchev–Trinajstić information content (AvgIpc) is 4.00. The number of fused-ring (bicyclic) bond motifs is 8. The highest BCUT2D eigenvalue weighted by Crippen LogP contribution is 2.57. The highest BCUT2D eigenvalue weighted by Gasteiger charge is 2.46. The molecular formula is C57H43B5N2S. The Kier molecular flexibility index (Phi) is 9.26. The van der Waals surface area contributed by atoms with Crippen LogP contribution in [0, 0.1) is 0 Å². The van der Waals surface area contributed by atoms with Crippen molar-refractivity contribution in [2.75, 3.05) is 4.90 Å². The van der Waals surface area contributed by atoms with Crippen LogP contribution in [0.5, 0.6) is 0 Å². The Hall–Kier alpha value is -7.14. The summed E-state index contributed by atoms with van der Waals surface area (Å²) in [6.45, 7) is 0. The number of anilines is 3. The SMILES string of the molecule is Bc1c(B)c(B)c(N(c2cccc(-c3cccc4c3sc3c5ccccc5n(-c5ccccc5)c43)c2)c2ccc3c(c2)C(c2ccccc2)(c2ccccc2)c2ccccc2-3)c(B)c1B. The van der Waals surface area contributed by atoms with Crippen molar-refractivity contribution >= 4 is 126 Å². The monoisotopic (exact) mass is 842 g/mol. The molecule has 2 nitrogen and oxygen atoms in total. The summed E-state index contributed by atoms with van der Waals surface area (Å²) in [7, 11) is 11.5. The average molecular weight is 842 g/mol. The lowest BCUT2D eigenvalue weighted by Crippen LogP contribution is -2.56. The summed E-state index contributed by atoms with van der Waals surface area (Å²) in [5, 5.41) is 2.56. The first-order valence-corrected chi connectivity index (χ1v) is 23.5. The van der Waals surface area contributed by atoms with Crippen molar-refractivity contribution < 1.29 is 0 Å². The Morgan fingerprint density at radius 2 is 0.969 bits per heavy atom. The molecule has 1 aliphatic carbocycles. The third-order valence-electron chi connectivity index (χ3n) is 14.6. The number of para-hydroxylation sites is 2. The van der Waals surface area contributed by atoms with E-state index in [1.807, 2.05) is 11.3 Å². The summed E-state index contributed by atoms with van der Waals surface area (Å²) < 4.78 is 5.08. The number of nitrogens with zero attached hydrogens (tertiary/aromatic N) is 2. The maximum Gasteiger partial charge on any atom is 0.141 e. The number of hydrogen-bond donors (Lipinski definition) is 0. The van der Waals surface area contributed by atoms with Gasteiger partial charge >= 0.3 is 0 Å². The van der Waals surface area contributed by atoms with E-state index in [9.17, 15) is 0 Å². The first-order chi connectivity index (χ1) is 31.9. The molecule has 0 fully saturated rings. The van der Waals surface area contributed by atoms with Gasteiger partial charge in [0.2, 0.25) is 0 Å². The summed E-state index contributed by atoms with van der Waals surface area (Å²) in [6, 6.07) is 74.4. The van der Waals surface area contributed by atoms with Gasteiger partial charge in [0.15, 0.2) is 0 Å². The zero-order valence-corrected chi connectivity index (χ0v) is 38.2. The van der Waals surface area contributed by atoms with Gasteiger partial charge in [-0.3, -0.25) is 0 Å². The fraction of sp³-hybridized carbons (Fsp3) is 0.0175. The molecule has 0 N–H and O–H groups in total.